The Hall–Kier alpha value is -4.40. The van der Waals surface area contributed by atoms with Crippen molar-refractivity contribution in [3.8, 4) is 28.3 Å². The molecule has 0 atom stereocenters. The molecule has 0 saturated heterocycles. The molecule has 0 amide bonds. The van der Waals surface area contributed by atoms with Gasteiger partial charge in [0, 0.05) is 6.42 Å². The Morgan fingerprint density at radius 2 is 1.94 bits per heavy atom. The van der Waals surface area contributed by atoms with E-state index in [1.807, 2.05) is 56.3 Å². The standard InChI is InChI=1S/C24H21N5O4/c1-3-32-19-11-16(7-8-17(19)21-27-22-20(23(30)28-21)25-12-26-22)15-6-4-5-14(9-15)10-18-13(2)29-33-24(18)31/h4-9,11-12,29H,3,10H2,1-2H3,(H2,25,26,27,28,30). The molecule has 5 aromatic rings. The van der Waals surface area contributed by atoms with Crippen LogP contribution in [0.1, 0.15) is 23.7 Å². The zero-order chi connectivity index (χ0) is 22.9. The molecule has 3 heterocycles. The Bertz CT molecular complexity index is 1570. The van der Waals surface area contributed by atoms with Crippen molar-refractivity contribution in [1.29, 1.82) is 0 Å². The topological polar surface area (TPSA) is 130 Å². The SMILES string of the molecule is CCOc1cc(-c2cccc(Cc3c(C)[nH]oc3=O)c2)ccc1-c1nc2[nH]cnc2c(=O)[nH]1. The van der Waals surface area contributed by atoms with Crippen LogP contribution in [0.25, 0.3) is 33.7 Å². The van der Waals surface area contributed by atoms with Crippen molar-refractivity contribution >= 4 is 11.2 Å². The number of H-pyrrole nitrogens is 3. The van der Waals surface area contributed by atoms with E-state index in [1.165, 1.54) is 6.33 Å². The zero-order valence-corrected chi connectivity index (χ0v) is 18.1. The largest absolute Gasteiger partial charge is 0.493 e. The van der Waals surface area contributed by atoms with Gasteiger partial charge < -0.3 is 19.2 Å². The van der Waals surface area contributed by atoms with E-state index >= 15 is 0 Å². The van der Waals surface area contributed by atoms with Gasteiger partial charge >= 0.3 is 5.63 Å². The highest BCUT2D eigenvalue weighted by Crippen LogP contribution is 2.33. The second kappa shape index (κ2) is 8.27. The molecular formula is C24H21N5O4. The van der Waals surface area contributed by atoms with E-state index in [4.69, 9.17) is 9.26 Å². The number of aryl methyl sites for hydroxylation is 1. The molecule has 0 aliphatic rings. The fraction of sp³-hybridized carbons (Fsp3) is 0.167. The number of ether oxygens (including phenoxy) is 1. The van der Waals surface area contributed by atoms with Gasteiger partial charge in [0.25, 0.3) is 5.56 Å². The summed E-state index contributed by atoms with van der Waals surface area (Å²) in [6, 6.07) is 13.7. The Morgan fingerprint density at radius 3 is 2.73 bits per heavy atom. The number of fused-ring (bicyclic) bond motifs is 1. The van der Waals surface area contributed by atoms with Crippen LogP contribution in [0, 0.1) is 6.92 Å². The molecule has 0 radical (unpaired) electrons. The van der Waals surface area contributed by atoms with Gasteiger partial charge in [0.2, 0.25) is 0 Å². The quantitative estimate of drug-likeness (QED) is 0.368. The second-order valence-corrected chi connectivity index (χ2v) is 7.63. The maximum atomic E-state index is 12.4. The van der Waals surface area contributed by atoms with E-state index in [2.05, 4.69) is 25.1 Å². The summed E-state index contributed by atoms with van der Waals surface area (Å²) >= 11 is 0. The number of benzene rings is 2. The van der Waals surface area contributed by atoms with Gasteiger partial charge in [-0.05, 0) is 42.7 Å². The molecule has 0 aliphatic heterocycles. The minimum absolute atomic E-state index is 0.261. The molecule has 0 bridgehead atoms. The van der Waals surface area contributed by atoms with Gasteiger partial charge in [-0.2, -0.15) is 0 Å². The molecule has 166 valence electrons. The summed E-state index contributed by atoms with van der Waals surface area (Å²) in [6.45, 7) is 4.17. The van der Waals surface area contributed by atoms with Crippen molar-refractivity contribution in [2.75, 3.05) is 6.61 Å². The minimum Gasteiger partial charge on any atom is -0.493 e. The Kier molecular flexibility index (Phi) is 5.14. The molecule has 0 fully saturated rings. The van der Waals surface area contributed by atoms with Gasteiger partial charge in [-0.1, -0.05) is 30.3 Å². The van der Waals surface area contributed by atoms with Crippen LogP contribution in [-0.4, -0.2) is 31.7 Å². The number of aromatic amines is 3. The van der Waals surface area contributed by atoms with Crippen molar-refractivity contribution in [3.05, 3.63) is 86.4 Å². The third-order valence-corrected chi connectivity index (χ3v) is 5.46. The Balaban J connectivity index is 1.54. The highest BCUT2D eigenvalue weighted by Gasteiger charge is 2.15. The molecule has 33 heavy (non-hydrogen) atoms. The third-order valence-electron chi connectivity index (χ3n) is 5.46. The van der Waals surface area contributed by atoms with Crippen LogP contribution in [0.2, 0.25) is 0 Å². The summed E-state index contributed by atoms with van der Waals surface area (Å²) in [5.41, 5.74) is 4.91. The number of nitrogens with one attached hydrogen (secondary N) is 3. The minimum atomic E-state index is -0.350. The average Bonchev–Trinajstić information content (AvgIpc) is 3.42. The molecule has 2 aromatic carbocycles. The van der Waals surface area contributed by atoms with Gasteiger partial charge in [0.15, 0.2) is 11.2 Å². The van der Waals surface area contributed by atoms with Gasteiger partial charge in [0.1, 0.15) is 11.6 Å². The Labute approximate surface area is 187 Å². The van der Waals surface area contributed by atoms with E-state index in [9.17, 15) is 9.59 Å². The predicted octanol–water partition coefficient (Wildman–Crippen LogP) is 3.56. The third kappa shape index (κ3) is 3.84. The van der Waals surface area contributed by atoms with E-state index in [0.29, 0.717) is 41.4 Å². The first-order chi connectivity index (χ1) is 16.0. The maximum Gasteiger partial charge on any atom is 0.360 e. The van der Waals surface area contributed by atoms with Crippen LogP contribution in [-0.2, 0) is 6.42 Å². The summed E-state index contributed by atoms with van der Waals surface area (Å²) in [4.78, 5) is 38.4. The summed E-state index contributed by atoms with van der Waals surface area (Å²) < 4.78 is 10.8. The summed E-state index contributed by atoms with van der Waals surface area (Å²) in [7, 11) is 0. The molecule has 0 saturated carbocycles. The fourth-order valence-electron chi connectivity index (χ4n) is 3.81. The number of hydrogen-bond donors (Lipinski definition) is 3. The van der Waals surface area contributed by atoms with Crippen molar-refractivity contribution in [2.24, 2.45) is 0 Å². The van der Waals surface area contributed by atoms with Gasteiger partial charge in [-0.25, -0.2) is 19.9 Å². The maximum absolute atomic E-state index is 12.4. The zero-order valence-electron chi connectivity index (χ0n) is 18.1. The molecular weight excluding hydrogens is 422 g/mol. The smallest absolute Gasteiger partial charge is 0.360 e. The molecule has 9 nitrogen and oxygen atoms in total. The first kappa shape index (κ1) is 20.5. The van der Waals surface area contributed by atoms with Crippen molar-refractivity contribution < 1.29 is 9.26 Å². The highest BCUT2D eigenvalue weighted by atomic mass is 16.5. The highest BCUT2D eigenvalue weighted by molar-refractivity contribution is 5.77. The lowest BCUT2D eigenvalue weighted by atomic mass is 9.98. The van der Waals surface area contributed by atoms with Crippen molar-refractivity contribution in [2.45, 2.75) is 20.3 Å². The molecule has 0 unspecified atom stereocenters. The lowest BCUT2D eigenvalue weighted by molar-refractivity contribution is 0.341. The van der Waals surface area contributed by atoms with Crippen LogP contribution in [0.3, 0.4) is 0 Å². The van der Waals surface area contributed by atoms with Crippen LogP contribution in [0.15, 0.2) is 62.9 Å². The fourth-order valence-corrected chi connectivity index (χ4v) is 3.81. The van der Waals surface area contributed by atoms with Crippen molar-refractivity contribution in [1.82, 2.24) is 25.1 Å². The van der Waals surface area contributed by atoms with Gasteiger partial charge in [0.05, 0.1) is 29.8 Å². The first-order valence-electron chi connectivity index (χ1n) is 10.5. The van der Waals surface area contributed by atoms with Gasteiger partial charge in [-0.3, -0.25) is 4.79 Å². The average molecular weight is 443 g/mol. The number of hydrogen-bond acceptors (Lipinski definition) is 6. The lowest BCUT2D eigenvalue weighted by Crippen LogP contribution is -2.10. The monoisotopic (exact) mass is 443 g/mol. The normalized spacial score (nSPS) is 11.2. The van der Waals surface area contributed by atoms with E-state index in [-0.39, 0.29) is 16.7 Å². The molecule has 3 aromatic heterocycles. The van der Waals surface area contributed by atoms with Crippen LogP contribution in [0.4, 0.5) is 0 Å². The Morgan fingerprint density at radius 1 is 1.09 bits per heavy atom. The van der Waals surface area contributed by atoms with E-state index in [0.717, 1.165) is 22.4 Å². The van der Waals surface area contributed by atoms with Crippen LogP contribution >= 0.6 is 0 Å². The van der Waals surface area contributed by atoms with Gasteiger partial charge in [-0.15, -0.1) is 0 Å². The lowest BCUT2D eigenvalue weighted by Gasteiger charge is -2.13. The second-order valence-electron chi connectivity index (χ2n) is 7.63. The summed E-state index contributed by atoms with van der Waals surface area (Å²) in [6.07, 6.45) is 1.91. The number of rotatable bonds is 6. The van der Waals surface area contributed by atoms with Crippen LogP contribution < -0.4 is 15.9 Å². The number of nitrogens with zero attached hydrogens (tertiary/aromatic N) is 2. The molecule has 9 heteroatoms. The number of aromatic nitrogens is 5. The molecule has 0 aliphatic carbocycles. The molecule has 0 spiro atoms. The van der Waals surface area contributed by atoms with Crippen LogP contribution in [0.5, 0.6) is 5.75 Å². The number of imidazole rings is 1. The van der Waals surface area contributed by atoms with E-state index < -0.39 is 0 Å². The first-order valence-corrected chi connectivity index (χ1v) is 10.5. The summed E-state index contributed by atoms with van der Waals surface area (Å²) in [5.74, 6) is 1.000. The summed E-state index contributed by atoms with van der Waals surface area (Å²) in [5, 5.41) is 2.62. The molecule has 5 rings (SSSR count). The predicted molar refractivity (Wildman–Crippen MR) is 123 cm³/mol. The van der Waals surface area contributed by atoms with Crippen molar-refractivity contribution in [3.63, 3.8) is 0 Å². The molecule has 3 N–H and O–H groups in total. The van der Waals surface area contributed by atoms with E-state index in [1.54, 1.807) is 0 Å².